The van der Waals surface area contributed by atoms with Crippen LogP contribution in [0.4, 0.5) is 0 Å². The summed E-state index contributed by atoms with van der Waals surface area (Å²) in [6.45, 7) is 0. The van der Waals surface area contributed by atoms with E-state index < -0.39 is 21.4 Å². The molecule has 0 amide bonds. The fraction of sp³-hybridized carbons (Fsp3) is 0.188. The summed E-state index contributed by atoms with van der Waals surface area (Å²) < 4.78 is 35.6. The zero-order valence-electron chi connectivity index (χ0n) is 12.6. The predicted molar refractivity (Wildman–Crippen MR) is 90.1 cm³/mol. The van der Waals surface area contributed by atoms with Crippen molar-refractivity contribution in [2.45, 2.75) is 4.90 Å². The van der Waals surface area contributed by atoms with Gasteiger partial charge in [-0.15, -0.1) is 0 Å². The monoisotopic (exact) mass is 398 g/mol. The van der Waals surface area contributed by atoms with E-state index in [0.717, 1.165) is 4.47 Å². The highest BCUT2D eigenvalue weighted by molar-refractivity contribution is 9.10. The number of hydrogen-bond acceptors (Lipinski definition) is 5. The van der Waals surface area contributed by atoms with E-state index >= 15 is 0 Å². The Balaban J connectivity index is 2.26. The minimum Gasteiger partial charge on any atom is -0.493 e. The first kappa shape index (κ1) is 17.5. The van der Waals surface area contributed by atoms with Gasteiger partial charge in [-0.25, -0.2) is 8.42 Å². The standard InChI is InChI=1S/C16H15BrO5S/c1-21-15-8-3-11(9-16(15)22-2)14(18)10-23(19,20)13-6-4-12(17)5-7-13/h3-9H,10H2,1-2H3. The Morgan fingerprint density at radius 1 is 1.00 bits per heavy atom. The van der Waals surface area contributed by atoms with E-state index in [2.05, 4.69) is 15.9 Å². The van der Waals surface area contributed by atoms with Crippen LogP contribution in [0.2, 0.25) is 0 Å². The van der Waals surface area contributed by atoms with Crippen LogP contribution in [-0.2, 0) is 9.84 Å². The molecule has 0 aromatic heterocycles. The fourth-order valence-corrected chi connectivity index (χ4v) is 3.48. The number of hydrogen-bond donors (Lipinski definition) is 0. The van der Waals surface area contributed by atoms with Crippen molar-refractivity contribution in [2.75, 3.05) is 20.0 Å². The molecule has 0 fully saturated rings. The second-order valence-electron chi connectivity index (χ2n) is 4.71. The van der Waals surface area contributed by atoms with Crippen LogP contribution in [0.5, 0.6) is 11.5 Å². The van der Waals surface area contributed by atoms with Crippen molar-refractivity contribution in [3.8, 4) is 11.5 Å². The molecule has 0 aliphatic rings. The molecule has 0 aliphatic carbocycles. The van der Waals surface area contributed by atoms with Gasteiger partial charge in [0.15, 0.2) is 27.1 Å². The van der Waals surface area contributed by atoms with E-state index in [4.69, 9.17) is 9.47 Å². The van der Waals surface area contributed by atoms with Crippen molar-refractivity contribution in [3.05, 3.63) is 52.5 Å². The second kappa shape index (κ2) is 7.14. The molecule has 0 spiro atoms. The number of methoxy groups -OCH3 is 2. The van der Waals surface area contributed by atoms with Gasteiger partial charge in [0.05, 0.1) is 19.1 Å². The van der Waals surface area contributed by atoms with E-state index in [1.807, 2.05) is 0 Å². The van der Waals surface area contributed by atoms with Gasteiger partial charge in [-0.3, -0.25) is 4.79 Å². The van der Waals surface area contributed by atoms with E-state index in [1.165, 1.54) is 38.5 Å². The van der Waals surface area contributed by atoms with Crippen LogP contribution < -0.4 is 9.47 Å². The summed E-state index contributed by atoms with van der Waals surface area (Å²) in [5.41, 5.74) is 0.253. The van der Waals surface area contributed by atoms with Crippen molar-refractivity contribution in [2.24, 2.45) is 0 Å². The molecule has 0 aliphatic heterocycles. The van der Waals surface area contributed by atoms with Crippen molar-refractivity contribution in [1.29, 1.82) is 0 Å². The van der Waals surface area contributed by atoms with Crippen molar-refractivity contribution >= 4 is 31.6 Å². The van der Waals surface area contributed by atoms with Crippen molar-refractivity contribution in [1.82, 2.24) is 0 Å². The van der Waals surface area contributed by atoms with Gasteiger partial charge in [-0.05, 0) is 42.5 Å². The first-order valence-electron chi connectivity index (χ1n) is 6.61. The van der Waals surface area contributed by atoms with Gasteiger partial charge >= 0.3 is 0 Å². The zero-order valence-corrected chi connectivity index (χ0v) is 15.0. The van der Waals surface area contributed by atoms with Crippen LogP contribution in [0.1, 0.15) is 10.4 Å². The minimum atomic E-state index is -3.70. The average Bonchev–Trinajstić information content (AvgIpc) is 2.54. The fourth-order valence-electron chi connectivity index (χ4n) is 1.99. The van der Waals surface area contributed by atoms with Gasteiger partial charge in [0, 0.05) is 10.0 Å². The number of benzene rings is 2. The lowest BCUT2D eigenvalue weighted by Crippen LogP contribution is -2.16. The SMILES string of the molecule is COc1ccc(C(=O)CS(=O)(=O)c2ccc(Br)cc2)cc1OC. The number of carbonyl (C=O) groups excluding carboxylic acids is 1. The number of rotatable bonds is 6. The summed E-state index contributed by atoms with van der Waals surface area (Å²) in [4.78, 5) is 12.4. The lowest BCUT2D eigenvalue weighted by atomic mass is 10.1. The van der Waals surface area contributed by atoms with Gasteiger partial charge in [0.25, 0.3) is 0 Å². The Kier molecular flexibility index (Phi) is 5.43. The Bertz CT molecular complexity index is 813. The molecule has 23 heavy (non-hydrogen) atoms. The summed E-state index contributed by atoms with van der Waals surface area (Å²) in [7, 11) is -0.770. The Hall–Kier alpha value is -1.86. The van der Waals surface area contributed by atoms with Gasteiger partial charge in [-0.2, -0.15) is 0 Å². The number of ketones is 1. The maximum Gasteiger partial charge on any atom is 0.185 e. The third-order valence-electron chi connectivity index (χ3n) is 3.20. The molecular formula is C16H15BrO5S. The minimum absolute atomic E-state index is 0.106. The third-order valence-corrected chi connectivity index (χ3v) is 5.36. The Labute approximate surface area is 143 Å². The molecule has 5 nitrogen and oxygen atoms in total. The van der Waals surface area contributed by atoms with Crippen LogP contribution in [-0.4, -0.2) is 34.2 Å². The highest BCUT2D eigenvalue weighted by Crippen LogP contribution is 2.28. The van der Waals surface area contributed by atoms with Gasteiger partial charge in [-0.1, -0.05) is 15.9 Å². The molecule has 0 saturated heterocycles. The van der Waals surface area contributed by atoms with Crippen LogP contribution in [0.3, 0.4) is 0 Å². The molecule has 2 aromatic carbocycles. The predicted octanol–water partition coefficient (Wildman–Crippen LogP) is 3.12. The maximum atomic E-state index is 12.3. The average molecular weight is 399 g/mol. The van der Waals surface area contributed by atoms with Crippen molar-refractivity contribution < 1.29 is 22.7 Å². The molecule has 0 heterocycles. The normalized spacial score (nSPS) is 11.1. The molecule has 0 unspecified atom stereocenters. The number of Topliss-reactive ketones (excluding diaryl/α,β-unsaturated/α-hetero) is 1. The molecule has 0 radical (unpaired) electrons. The summed E-state index contributed by atoms with van der Waals surface area (Å²) in [5, 5.41) is 0. The maximum absolute atomic E-state index is 12.3. The van der Waals surface area contributed by atoms with Crippen molar-refractivity contribution in [3.63, 3.8) is 0 Å². The molecule has 2 aromatic rings. The second-order valence-corrected chi connectivity index (χ2v) is 7.61. The molecule has 0 atom stereocenters. The number of sulfone groups is 1. The largest absolute Gasteiger partial charge is 0.493 e. The molecule has 122 valence electrons. The molecule has 0 bridgehead atoms. The molecule has 7 heteroatoms. The van der Waals surface area contributed by atoms with E-state index in [0.29, 0.717) is 11.5 Å². The quantitative estimate of drug-likeness (QED) is 0.699. The highest BCUT2D eigenvalue weighted by atomic mass is 79.9. The number of halogens is 1. The van der Waals surface area contributed by atoms with Crippen LogP contribution in [0.15, 0.2) is 51.8 Å². The lowest BCUT2D eigenvalue weighted by molar-refractivity contribution is 0.102. The highest BCUT2D eigenvalue weighted by Gasteiger charge is 2.21. The lowest BCUT2D eigenvalue weighted by Gasteiger charge is -2.09. The van der Waals surface area contributed by atoms with E-state index in [1.54, 1.807) is 18.2 Å². The smallest absolute Gasteiger partial charge is 0.185 e. The first-order valence-corrected chi connectivity index (χ1v) is 9.05. The summed E-state index contributed by atoms with van der Waals surface area (Å²) in [6, 6.07) is 10.7. The Morgan fingerprint density at radius 3 is 2.17 bits per heavy atom. The van der Waals surface area contributed by atoms with Crippen LogP contribution in [0, 0.1) is 0 Å². The summed E-state index contributed by atoms with van der Waals surface area (Å²) in [6.07, 6.45) is 0. The molecule has 2 rings (SSSR count). The number of carbonyl (C=O) groups is 1. The van der Waals surface area contributed by atoms with E-state index in [9.17, 15) is 13.2 Å². The third kappa shape index (κ3) is 4.11. The van der Waals surface area contributed by atoms with E-state index in [-0.39, 0.29) is 10.5 Å². The van der Waals surface area contributed by atoms with Gasteiger partial charge in [0.2, 0.25) is 0 Å². The first-order chi connectivity index (χ1) is 10.9. The van der Waals surface area contributed by atoms with Gasteiger partial charge < -0.3 is 9.47 Å². The zero-order chi connectivity index (χ0) is 17.0. The molecule has 0 N–H and O–H groups in total. The van der Waals surface area contributed by atoms with Crippen LogP contribution in [0.25, 0.3) is 0 Å². The molecule has 0 saturated carbocycles. The summed E-state index contributed by atoms with van der Waals surface area (Å²) in [5.74, 6) is -0.266. The topological polar surface area (TPSA) is 69.7 Å². The summed E-state index contributed by atoms with van der Waals surface area (Å²) >= 11 is 3.24. The van der Waals surface area contributed by atoms with Crippen LogP contribution >= 0.6 is 15.9 Å². The van der Waals surface area contributed by atoms with Gasteiger partial charge in [0.1, 0.15) is 5.75 Å². The number of ether oxygens (including phenoxy) is 2. The molecular weight excluding hydrogens is 384 g/mol. The Morgan fingerprint density at radius 2 is 1.61 bits per heavy atom.